The molecule has 1 aliphatic rings. The molecule has 0 radical (unpaired) electrons. The SMILES string of the molecule is Cc1c(Br)ccc2nc3c(n12)CSCC3. The smallest absolute Gasteiger partial charge is 0.137 e. The lowest BCUT2D eigenvalue weighted by Gasteiger charge is -2.12. The topological polar surface area (TPSA) is 17.3 Å². The van der Waals surface area contributed by atoms with Crippen LogP contribution < -0.4 is 0 Å². The van der Waals surface area contributed by atoms with Crippen LogP contribution in [0.4, 0.5) is 0 Å². The molecule has 3 rings (SSSR count). The second kappa shape index (κ2) is 3.52. The predicted molar refractivity (Wildman–Crippen MR) is 67.5 cm³/mol. The molecule has 0 aromatic carbocycles. The van der Waals surface area contributed by atoms with Crippen molar-refractivity contribution in [3.05, 3.63) is 33.7 Å². The van der Waals surface area contributed by atoms with E-state index in [4.69, 9.17) is 0 Å². The van der Waals surface area contributed by atoms with Crippen molar-refractivity contribution in [3.8, 4) is 0 Å². The van der Waals surface area contributed by atoms with Gasteiger partial charge in [0.15, 0.2) is 0 Å². The van der Waals surface area contributed by atoms with Gasteiger partial charge in [-0.25, -0.2) is 4.98 Å². The van der Waals surface area contributed by atoms with Gasteiger partial charge in [0.1, 0.15) is 5.65 Å². The Morgan fingerprint density at radius 1 is 1.47 bits per heavy atom. The van der Waals surface area contributed by atoms with Gasteiger partial charge < -0.3 is 0 Å². The highest BCUT2D eigenvalue weighted by molar-refractivity contribution is 9.10. The zero-order valence-corrected chi connectivity index (χ0v) is 10.9. The van der Waals surface area contributed by atoms with E-state index in [1.54, 1.807) is 0 Å². The Hall–Kier alpha value is -0.480. The van der Waals surface area contributed by atoms with Crippen LogP contribution in [-0.2, 0) is 12.2 Å². The van der Waals surface area contributed by atoms with E-state index in [2.05, 4.69) is 44.4 Å². The van der Waals surface area contributed by atoms with Crippen LogP contribution in [-0.4, -0.2) is 15.1 Å². The molecule has 2 aromatic heterocycles. The van der Waals surface area contributed by atoms with Crippen molar-refractivity contribution in [2.24, 2.45) is 0 Å². The Morgan fingerprint density at radius 3 is 3.20 bits per heavy atom. The van der Waals surface area contributed by atoms with Crippen LogP contribution in [0.1, 0.15) is 17.1 Å². The van der Waals surface area contributed by atoms with Crippen LogP contribution in [0.2, 0.25) is 0 Å². The van der Waals surface area contributed by atoms with Crippen molar-refractivity contribution in [2.75, 3.05) is 5.75 Å². The van der Waals surface area contributed by atoms with E-state index in [0.717, 1.165) is 22.3 Å². The molecule has 0 spiro atoms. The van der Waals surface area contributed by atoms with Gasteiger partial charge in [-0.1, -0.05) is 0 Å². The summed E-state index contributed by atoms with van der Waals surface area (Å²) in [6.07, 6.45) is 1.11. The number of rotatable bonds is 0. The van der Waals surface area contributed by atoms with Crippen LogP contribution in [0.15, 0.2) is 16.6 Å². The lowest BCUT2D eigenvalue weighted by atomic mass is 10.2. The van der Waals surface area contributed by atoms with Gasteiger partial charge in [0, 0.05) is 22.3 Å². The minimum absolute atomic E-state index is 1.09. The van der Waals surface area contributed by atoms with Gasteiger partial charge in [-0.05, 0) is 40.7 Å². The average molecular weight is 283 g/mol. The highest BCUT2D eigenvalue weighted by Gasteiger charge is 2.17. The number of imidazole rings is 1. The Morgan fingerprint density at radius 2 is 2.33 bits per heavy atom. The molecule has 78 valence electrons. The van der Waals surface area contributed by atoms with E-state index < -0.39 is 0 Å². The molecular weight excluding hydrogens is 272 g/mol. The summed E-state index contributed by atoms with van der Waals surface area (Å²) in [7, 11) is 0. The zero-order chi connectivity index (χ0) is 10.4. The van der Waals surface area contributed by atoms with Crippen LogP contribution in [0.5, 0.6) is 0 Å². The van der Waals surface area contributed by atoms with Gasteiger partial charge in [-0.3, -0.25) is 4.40 Å². The van der Waals surface area contributed by atoms with Gasteiger partial charge >= 0.3 is 0 Å². The largest absolute Gasteiger partial charge is 0.299 e. The minimum atomic E-state index is 1.09. The summed E-state index contributed by atoms with van der Waals surface area (Å²) in [6, 6.07) is 4.16. The van der Waals surface area contributed by atoms with Crippen molar-refractivity contribution in [2.45, 2.75) is 19.1 Å². The number of halogens is 1. The van der Waals surface area contributed by atoms with Gasteiger partial charge in [0.05, 0.1) is 11.4 Å². The molecule has 0 amide bonds. The van der Waals surface area contributed by atoms with Crippen LogP contribution in [0.3, 0.4) is 0 Å². The van der Waals surface area contributed by atoms with Gasteiger partial charge in [0.25, 0.3) is 0 Å². The highest BCUT2D eigenvalue weighted by atomic mass is 79.9. The fourth-order valence-corrected chi connectivity index (χ4v) is 3.35. The van der Waals surface area contributed by atoms with Crippen LogP contribution in [0, 0.1) is 6.92 Å². The summed E-state index contributed by atoms with van der Waals surface area (Å²) >= 11 is 5.57. The number of hydrogen-bond acceptors (Lipinski definition) is 2. The first kappa shape index (κ1) is 9.73. The summed E-state index contributed by atoms with van der Waals surface area (Å²) < 4.78 is 3.44. The molecule has 2 nitrogen and oxygen atoms in total. The monoisotopic (exact) mass is 282 g/mol. The van der Waals surface area contributed by atoms with Gasteiger partial charge in [-0.15, -0.1) is 0 Å². The van der Waals surface area contributed by atoms with E-state index in [1.165, 1.54) is 22.8 Å². The Kier molecular flexibility index (Phi) is 2.29. The number of hydrogen-bond donors (Lipinski definition) is 0. The van der Waals surface area contributed by atoms with Crippen molar-refractivity contribution < 1.29 is 0 Å². The molecule has 0 bridgehead atoms. The van der Waals surface area contributed by atoms with E-state index in [-0.39, 0.29) is 0 Å². The third-order valence-corrected chi connectivity index (χ3v) is 4.67. The summed E-state index contributed by atoms with van der Waals surface area (Å²) in [4.78, 5) is 4.68. The first-order valence-corrected chi connectivity index (χ1v) is 6.95. The second-order valence-electron chi connectivity index (χ2n) is 3.77. The van der Waals surface area contributed by atoms with Gasteiger partial charge in [0.2, 0.25) is 0 Å². The second-order valence-corrected chi connectivity index (χ2v) is 5.73. The lowest BCUT2D eigenvalue weighted by Crippen LogP contribution is -2.04. The number of aryl methyl sites for hydroxylation is 2. The molecule has 1 aliphatic heterocycles. The van der Waals surface area contributed by atoms with Crippen molar-refractivity contribution in [1.82, 2.24) is 9.38 Å². The summed E-state index contributed by atoms with van der Waals surface area (Å²) in [5, 5.41) is 0. The lowest BCUT2D eigenvalue weighted by molar-refractivity contribution is 0.965. The zero-order valence-electron chi connectivity index (χ0n) is 8.46. The normalized spacial score (nSPS) is 15.6. The Balaban J connectivity index is 2.39. The molecule has 0 unspecified atom stereocenters. The Bertz CT molecular complexity index is 533. The summed E-state index contributed by atoms with van der Waals surface area (Å²) in [5.41, 5.74) is 5.02. The molecule has 0 fully saturated rings. The molecule has 0 N–H and O–H groups in total. The molecule has 0 atom stereocenters. The van der Waals surface area contributed by atoms with Gasteiger partial charge in [-0.2, -0.15) is 11.8 Å². The molecule has 4 heteroatoms. The maximum absolute atomic E-state index is 4.68. The number of nitrogens with zero attached hydrogens (tertiary/aromatic N) is 2. The fraction of sp³-hybridized carbons (Fsp3) is 0.364. The number of fused-ring (bicyclic) bond motifs is 3. The molecular formula is C11H11BrN2S. The van der Waals surface area contributed by atoms with Crippen molar-refractivity contribution in [3.63, 3.8) is 0 Å². The minimum Gasteiger partial charge on any atom is -0.299 e. The summed E-state index contributed by atoms with van der Waals surface area (Å²) in [5.74, 6) is 2.30. The molecule has 0 saturated heterocycles. The standard InChI is InChI=1S/C11H11BrN2S/c1-7-8(12)2-3-11-13-9-4-5-15-6-10(9)14(7)11/h2-3H,4-6H2,1H3. The molecule has 3 heterocycles. The van der Waals surface area contributed by atoms with Crippen molar-refractivity contribution >= 4 is 33.3 Å². The molecule has 0 saturated carbocycles. The first-order chi connectivity index (χ1) is 7.27. The number of thioether (sulfide) groups is 1. The number of aromatic nitrogens is 2. The fourth-order valence-electron chi connectivity index (χ4n) is 2.07. The average Bonchev–Trinajstić information content (AvgIpc) is 2.62. The summed E-state index contributed by atoms with van der Waals surface area (Å²) in [6.45, 7) is 2.14. The maximum Gasteiger partial charge on any atom is 0.137 e. The van der Waals surface area contributed by atoms with E-state index in [1.807, 2.05) is 11.8 Å². The van der Waals surface area contributed by atoms with Crippen LogP contribution in [0.25, 0.3) is 5.65 Å². The Labute approximate surface area is 101 Å². The van der Waals surface area contributed by atoms with E-state index >= 15 is 0 Å². The third kappa shape index (κ3) is 1.42. The van der Waals surface area contributed by atoms with E-state index in [0.29, 0.717) is 0 Å². The first-order valence-electron chi connectivity index (χ1n) is 5.00. The van der Waals surface area contributed by atoms with Crippen LogP contribution >= 0.6 is 27.7 Å². The maximum atomic E-state index is 4.68. The predicted octanol–water partition coefficient (Wildman–Crippen LogP) is 3.19. The van der Waals surface area contributed by atoms with E-state index in [9.17, 15) is 0 Å². The molecule has 2 aromatic rings. The molecule has 15 heavy (non-hydrogen) atoms. The highest BCUT2D eigenvalue weighted by Crippen LogP contribution is 2.28. The third-order valence-electron chi connectivity index (χ3n) is 2.86. The number of pyridine rings is 1. The quantitative estimate of drug-likeness (QED) is 0.738. The molecule has 0 aliphatic carbocycles. The van der Waals surface area contributed by atoms with Crippen molar-refractivity contribution in [1.29, 1.82) is 0 Å².